The van der Waals surface area contributed by atoms with Crippen molar-refractivity contribution in [1.82, 2.24) is 10.6 Å². The van der Waals surface area contributed by atoms with Gasteiger partial charge in [0.05, 0.1) is 10.2 Å². The molecule has 0 bridgehead atoms. The Morgan fingerprint density at radius 1 is 1.09 bits per heavy atom. The molecule has 3 N–H and O–H groups in total. The Balaban J connectivity index is 1.78. The van der Waals surface area contributed by atoms with Gasteiger partial charge in [-0.25, -0.2) is 9.18 Å². The molecule has 1 aliphatic rings. The van der Waals surface area contributed by atoms with E-state index >= 15 is 0 Å². The quantitative estimate of drug-likeness (QED) is 0.275. The number of benzene rings is 2. The lowest BCUT2D eigenvalue weighted by atomic mass is 10.1. The first kappa shape index (κ1) is 23.2. The Bertz CT molecular complexity index is 1100. The lowest BCUT2D eigenvalue weighted by Gasteiger charge is -2.16. The molecule has 9 nitrogen and oxygen atoms in total. The lowest BCUT2D eigenvalue weighted by Crippen LogP contribution is -2.51. The highest BCUT2D eigenvalue weighted by molar-refractivity contribution is 14.1. The molecule has 3 rings (SSSR count). The molecule has 0 spiro atoms. The maximum Gasteiger partial charge on any atom is 0.328 e. The summed E-state index contributed by atoms with van der Waals surface area (Å²) in [6.45, 7) is 1.72. The lowest BCUT2D eigenvalue weighted by molar-refractivity contribution is -0.124. The highest BCUT2D eigenvalue weighted by Crippen LogP contribution is 2.35. The van der Waals surface area contributed by atoms with Gasteiger partial charge in [0.25, 0.3) is 17.7 Å². The van der Waals surface area contributed by atoms with Gasteiger partial charge in [0, 0.05) is 5.69 Å². The average Bonchev–Trinajstić information content (AvgIpc) is 2.72. The molecule has 0 saturated carbocycles. The molecule has 166 valence electrons. The number of amides is 5. The van der Waals surface area contributed by atoms with Crippen molar-refractivity contribution in [2.24, 2.45) is 0 Å². The Kier molecular flexibility index (Phi) is 7.41. The van der Waals surface area contributed by atoms with Gasteiger partial charge in [-0.2, -0.15) is 0 Å². The topological polar surface area (TPSA) is 123 Å². The van der Waals surface area contributed by atoms with Crippen LogP contribution < -0.4 is 25.4 Å². The summed E-state index contributed by atoms with van der Waals surface area (Å²) in [5, 5.41) is 6.59. The van der Waals surface area contributed by atoms with Gasteiger partial charge < -0.3 is 14.8 Å². The summed E-state index contributed by atoms with van der Waals surface area (Å²) in [6, 6.07) is 7.59. The van der Waals surface area contributed by atoms with E-state index in [1.54, 1.807) is 19.1 Å². The maximum absolute atomic E-state index is 13.0. The van der Waals surface area contributed by atoms with Crippen molar-refractivity contribution in [1.29, 1.82) is 0 Å². The Hall–Kier alpha value is -3.48. The summed E-state index contributed by atoms with van der Waals surface area (Å²) < 4.78 is 24.8. The molecule has 32 heavy (non-hydrogen) atoms. The van der Waals surface area contributed by atoms with Crippen molar-refractivity contribution in [2.75, 3.05) is 18.5 Å². The van der Waals surface area contributed by atoms with E-state index in [4.69, 9.17) is 9.47 Å². The first-order valence-corrected chi connectivity index (χ1v) is 10.4. The van der Waals surface area contributed by atoms with Crippen LogP contribution >= 0.6 is 22.6 Å². The number of ether oxygens (including phenoxy) is 2. The van der Waals surface area contributed by atoms with Gasteiger partial charge in [0.1, 0.15) is 11.4 Å². The van der Waals surface area contributed by atoms with Crippen LogP contribution in [0.3, 0.4) is 0 Å². The molecule has 0 aliphatic carbocycles. The minimum absolute atomic E-state index is 0.241. The van der Waals surface area contributed by atoms with Crippen molar-refractivity contribution >= 4 is 58.1 Å². The number of hydrogen-bond acceptors (Lipinski definition) is 6. The largest absolute Gasteiger partial charge is 0.490 e. The number of nitrogens with one attached hydrogen (secondary N) is 3. The van der Waals surface area contributed by atoms with Gasteiger partial charge in [0.2, 0.25) is 0 Å². The van der Waals surface area contributed by atoms with Crippen LogP contribution in [0.4, 0.5) is 14.9 Å². The number of halogens is 2. The highest BCUT2D eigenvalue weighted by atomic mass is 127. The zero-order valence-electron chi connectivity index (χ0n) is 16.7. The Labute approximate surface area is 195 Å². The minimum Gasteiger partial charge on any atom is -0.490 e. The zero-order valence-corrected chi connectivity index (χ0v) is 18.8. The van der Waals surface area contributed by atoms with Gasteiger partial charge in [-0.1, -0.05) is 0 Å². The predicted octanol–water partition coefficient (Wildman–Crippen LogP) is 2.60. The number of rotatable bonds is 7. The van der Waals surface area contributed by atoms with E-state index in [0.717, 1.165) is 0 Å². The van der Waals surface area contributed by atoms with Crippen LogP contribution in [0.15, 0.2) is 42.0 Å². The third-order valence-electron chi connectivity index (χ3n) is 4.06. The third-order valence-corrected chi connectivity index (χ3v) is 4.86. The first-order valence-electron chi connectivity index (χ1n) is 9.29. The number of hydrogen-bond donors (Lipinski definition) is 3. The maximum atomic E-state index is 13.0. The molecule has 1 aliphatic heterocycles. The highest BCUT2D eigenvalue weighted by Gasteiger charge is 2.28. The third kappa shape index (κ3) is 5.81. The average molecular weight is 553 g/mol. The predicted molar refractivity (Wildman–Crippen MR) is 121 cm³/mol. The monoisotopic (exact) mass is 553 g/mol. The molecule has 0 aromatic heterocycles. The van der Waals surface area contributed by atoms with E-state index < -0.39 is 29.6 Å². The van der Waals surface area contributed by atoms with E-state index in [1.807, 2.05) is 33.2 Å². The van der Waals surface area contributed by atoms with Gasteiger partial charge >= 0.3 is 6.03 Å². The van der Waals surface area contributed by atoms with Crippen LogP contribution in [0, 0.1) is 9.39 Å². The van der Waals surface area contributed by atoms with E-state index in [9.17, 15) is 23.6 Å². The standard InChI is InChI=1S/C21H17FIN3O6/c1-2-31-16-9-11(7-14-19(28)25-21(30)26-20(14)29)8-15(23)18(16)32-10-17(27)24-13-5-3-12(22)4-6-13/h3-9H,2,10H2,1H3,(H,24,27)(H2,25,26,28,29,30). The van der Waals surface area contributed by atoms with Crippen molar-refractivity contribution in [3.05, 3.63) is 56.9 Å². The van der Waals surface area contributed by atoms with E-state index in [2.05, 4.69) is 5.32 Å². The number of barbiturate groups is 1. The molecule has 2 aromatic carbocycles. The fraction of sp³-hybridized carbons (Fsp3) is 0.143. The second-order valence-electron chi connectivity index (χ2n) is 6.40. The van der Waals surface area contributed by atoms with Crippen LogP contribution in [0.25, 0.3) is 6.08 Å². The SMILES string of the molecule is CCOc1cc(C=C2C(=O)NC(=O)NC2=O)cc(I)c1OCC(=O)Nc1ccc(F)cc1. The summed E-state index contributed by atoms with van der Waals surface area (Å²) in [7, 11) is 0. The Morgan fingerprint density at radius 2 is 1.75 bits per heavy atom. The summed E-state index contributed by atoms with van der Waals surface area (Å²) in [5.41, 5.74) is 0.634. The van der Waals surface area contributed by atoms with Gasteiger partial charge in [-0.15, -0.1) is 0 Å². The van der Waals surface area contributed by atoms with Crippen LogP contribution in [-0.4, -0.2) is 37.0 Å². The zero-order chi connectivity index (χ0) is 23.3. The van der Waals surface area contributed by atoms with Crippen LogP contribution in [0.1, 0.15) is 12.5 Å². The normalized spacial score (nSPS) is 13.2. The van der Waals surface area contributed by atoms with Crippen molar-refractivity contribution < 1.29 is 33.0 Å². The summed E-state index contributed by atoms with van der Waals surface area (Å²) in [6.07, 6.45) is 1.31. The van der Waals surface area contributed by atoms with Crippen molar-refractivity contribution in [2.45, 2.75) is 6.92 Å². The number of carbonyl (C=O) groups is 4. The number of carbonyl (C=O) groups excluding carboxylic acids is 4. The van der Waals surface area contributed by atoms with Crippen LogP contribution in [-0.2, 0) is 14.4 Å². The number of imide groups is 2. The fourth-order valence-electron chi connectivity index (χ4n) is 2.72. The van der Waals surface area contributed by atoms with E-state index in [1.165, 1.54) is 30.3 Å². The first-order chi connectivity index (χ1) is 15.3. The Morgan fingerprint density at radius 3 is 2.38 bits per heavy atom. The molecule has 2 aromatic rings. The van der Waals surface area contributed by atoms with Gasteiger partial charge in [-0.05, 0) is 77.6 Å². The molecule has 1 heterocycles. The van der Waals surface area contributed by atoms with Gasteiger partial charge in [-0.3, -0.25) is 25.0 Å². The van der Waals surface area contributed by atoms with E-state index in [-0.39, 0.29) is 12.2 Å². The molecule has 0 unspecified atom stereocenters. The van der Waals surface area contributed by atoms with E-state index in [0.29, 0.717) is 32.9 Å². The molecule has 1 saturated heterocycles. The summed E-state index contributed by atoms with van der Waals surface area (Å²) in [5.74, 6) is -1.90. The van der Waals surface area contributed by atoms with Gasteiger partial charge in [0.15, 0.2) is 18.1 Å². The smallest absolute Gasteiger partial charge is 0.328 e. The molecule has 11 heteroatoms. The number of anilines is 1. The van der Waals surface area contributed by atoms with Crippen LogP contribution in [0.2, 0.25) is 0 Å². The summed E-state index contributed by atoms with van der Waals surface area (Å²) in [4.78, 5) is 47.3. The summed E-state index contributed by atoms with van der Waals surface area (Å²) >= 11 is 1.97. The fourth-order valence-corrected chi connectivity index (χ4v) is 3.50. The molecule has 0 radical (unpaired) electrons. The number of urea groups is 1. The second kappa shape index (κ2) is 10.2. The second-order valence-corrected chi connectivity index (χ2v) is 7.56. The van der Waals surface area contributed by atoms with Crippen molar-refractivity contribution in [3.63, 3.8) is 0 Å². The molecule has 1 fully saturated rings. The van der Waals surface area contributed by atoms with Crippen molar-refractivity contribution in [3.8, 4) is 11.5 Å². The molecular weight excluding hydrogens is 536 g/mol. The molecule has 0 atom stereocenters. The van der Waals surface area contributed by atoms with Crippen LogP contribution in [0.5, 0.6) is 11.5 Å². The molecule has 5 amide bonds. The minimum atomic E-state index is -0.885. The molecular formula is C21H17FIN3O6.